The SMILES string of the molecule is CC(C)(C)CCN1CCC2(CC[C@H](NC(=O)C3CCN(C(=O)c4ccccc4)CC3)c3ccccc32)CC1.CC(C)NC(=O)C1CCC2(CCN(CCC(C)(C)C)CC2)c2ccccc21.CCN(C(=O)C(C)NC(C)=O)[C@H]1CCC2(CCN(CCC(C)(C)C)CC2)c2ccccc21.[HH].[HH].[HH]. The van der Waals surface area contributed by atoms with E-state index >= 15 is 0 Å². The summed E-state index contributed by atoms with van der Waals surface area (Å²) in [5.41, 5.74) is 10.9. The Hall–Kier alpha value is -5.89. The minimum atomic E-state index is -0.499. The Kier molecular flexibility index (Phi) is 25.3. The fraction of sp³-hybridized carbons (Fsp3) is 0.655. The Labute approximate surface area is 590 Å². The molecule has 4 fully saturated rings. The molecule has 13 nitrogen and oxygen atoms in total. The van der Waals surface area contributed by atoms with Crippen molar-refractivity contribution in [3.05, 3.63) is 142 Å². The van der Waals surface area contributed by atoms with Gasteiger partial charge in [0.05, 0.1) is 18.0 Å². The van der Waals surface area contributed by atoms with Crippen LogP contribution in [-0.2, 0) is 35.4 Å². The van der Waals surface area contributed by atoms with Crippen LogP contribution in [0, 0.1) is 22.2 Å². The normalized spacial score (nSPS) is 22.1. The molecule has 4 atom stereocenters. The van der Waals surface area contributed by atoms with Crippen LogP contribution in [0.4, 0.5) is 0 Å². The number of fused-ring (bicyclic) bond motifs is 6. The second kappa shape index (κ2) is 32.6. The maximum absolute atomic E-state index is 13.4. The topological polar surface area (TPSA) is 138 Å². The van der Waals surface area contributed by atoms with Gasteiger partial charge in [-0.3, -0.25) is 24.0 Å². The Morgan fingerprint density at radius 2 is 0.907 bits per heavy atom. The van der Waals surface area contributed by atoms with Crippen molar-refractivity contribution in [2.75, 3.05) is 78.5 Å². The van der Waals surface area contributed by atoms with Crippen molar-refractivity contribution >= 4 is 29.5 Å². The van der Waals surface area contributed by atoms with Crippen molar-refractivity contribution in [3.8, 4) is 0 Å². The number of rotatable bonds is 15. The average Bonchev–Trinajstić information content (AvgIpc) is 0.765. The van der Waals surface area contributed by atoms with Gasteiger partial charge in [0.15, 0.2) is 0 Å². The molecule has 4 heterocycles. The summed E-state index contributed by atoms with van der Waals surface area (Å²) in [7, 11) is 0. The lowest BCUT2D eigenvalue weighted by atomic mass is 9.62. The van der Waals surface area contributed by atoms with Crippen LogP contribution >= 0.6 is 0 Å². The van der Waals surface area contributed by atoms with E-state index in [1.54, 1.807) is 6.92 Å². The molecule has 4 aromatic carbocycles. The van der Waals surface area contributed by atoms with Gasteiger partial charge in [0.2, 0.25) is 23.6 Å². The minimum Gasteiger partial charge on any atom is -0.353 e. The zero-order chi connectivity index (χ0) is 69.9. The highest BCUT2D eigenvalue weighted by atomic mass is 16.2. The zero-order valence-electron chi connectivity index (χ0n) is 62.6. The van der Waals surface area contributed by atoms with Crippen LogP contribution < -0.4 is 16.0 Å². The average molecular weight is 1330 g/mol. The first-order chi connectivity index (χ1) is 46.0. The van der Waals surface area contributed by atoms with E-state index in [4.69, 9.17) is 0 Å². The number of carbonyl (C=O) groups excluding carboxylic acids is 5. The van der Waals surface area contributed by atoms with Gasteiger partial charge in [-0.1, -0.05) is 153 Å². The highest BCUT2D eigenvalue weighted by Gasteiger charge is 2.47. The molecule has 538 valence electrons. The third-order valence-corrected chi connectivity index (χ3v) is 23.4. The molecule has 13 heteroatoms. The summed E-state index contributed by atoms with van der Waals surface area (Å²) in [6.45, 7) is 42.9. The Morgan fingerprint density at radius 3 is 1.36 bits per heavy atom. The van der Waals surface area contributed by atoms with Gasteiger partial charge in [-0.05, 0) is 274 Å². The van der Waals surface area contributed by atoms with E-state index in [1.807, 2.05) is 60.9 Å². The molecule has 0 radical (unpaired) electrons. The third-order valence-electron chi connectivity index (χ3n) is 23.4. The van der Waals surface area contributed by atoms with E-state index in [9.17, 15) is 24.0 Å². The number of nitrogens with zero attached hydrogens (tertiary/aromatic N) is 5. The van der Waals surface area contributed by atoms with Gasteiger partial charge >= 0.3 is 0 Å². The highest BCUT2D eigenvalue weighted by molar-refractivity contribution is 5.94. The molecule has 2 unspecified atom stereocenters. The van der Waals surface area contributed by atoms with Crippen LogP contribution in [0.5, 0.6) is 0 Å². The predicted molar refractivity (Wildman–Crippen MR) is 403 cm³/mol. The molecule has 11 rings (SSSR count). The van der Waals surface area contributed by atoms with E-state index in [1.165, 1.54) is 144 Å². The van der Waals surface area contributed by atoms with Gasteiger partial charge in [-0.2, -0.15) is 0 Å². The molecule has 4 saturated heterocycles. The molecule has 4 aromatic rings. The van der Waals surface area contributed by atoms with Crippen molar-refractivity contribution in [3.63, 3.8) is 0 Å². The molecule has 4 aliphatic heterocycles. The standard InChI is InChI=1S/C33H45N3O2.C27H43N3O2.C24H38N2O.3H2/c1-32(2,3)17-22-35-23-18-33(19-24-35)16-13-29(27-11-7-8-12-28(27)33)34-30(37)25-14-20-36(21-15-25)31(38)26-9-5-4-6-10-26;1-7-30(25(32)20(2)28-21(3)31)24-12-13-27(23-11-9-8-10-22(23)24)15-18-29(19-16-27)17-14-26(4,5)6;1-18(2)25-22(27)20-10-11-24(21-9-7-6-8-19(20)21)13-16-26(17-14-24)15-12-23(3,4)5;;;/h4-12,25,29H,13-24H2,1-3H3,(H,34,37);8-11,20,24H,7,12-19H2,1-6H3,(H,28,31);6-9,18,20H,10-17H2,1-5H3,(H,25,27);3*1H/t29-;20?,24-;;;;/m00..../s1. The maximum atomic E-state index is 13.4. The second-order valence-corrected chi connectivity index (χ2v) is 34.4. The lowest BCUT2D eigenvalue weighted by Gasteiger charge is -2.49. The van der Waals surface area contributed by atoms with Crippen molar-refractivity contribution in [2.45, 2.75) is 252 Å². The van der Waals surface area contributed by atoms with Crippen molar-refractivity contribution in [1.82, 2.24) is 40.4 Å². The summed E-state index contributed by atoms with van der Waals surface area (Å²) in [5, 5.41) is 9.34. The second-order valence-electron chi connectivity index (χ2n) is 34.4. The molecule has 5 amide bonds. The van der Waals surface area contributed by atoms with Crippen LogP contribution in [-0.4, -0.2) is 145 Å². The summed E-state index contributed by atoms with van der Waals surface area (Å²) in [4.78, 5) is 75.4. The quantitative estimate of drug-likeness (QED) is 0.107. The number of likely N-dealkylation sites (tertiary alicyclic amines) is 4. The fourth-order valence-electron chi connectivity index (χ4n) is 17.3. The van der Waals surface area contributed by atoms with Crippen molar-refractivity contribution in [1.29, 1.82) is 0 Å². The minimum absolute atomic E-state index is 0. The van der Waals surface area contributed by atoms with Crippen LogP contribution in [0.2, 0.25) is 0 Å². The Balaban J connectivity index is 0.000000236. The molecule has 7 aliphatic rings. The lowest BCUT2D eigenvalue weighted by molar-refractivity contribution is -0.138. The van der Waals surface area contributed by atoms with E-state index in [0.29, 0.717) is 35.9 Å². The van der Waals surface area contributed by atoms with E-state index in [-0.39, 0.29) is 80.0 Å². The maximum Gasteiger partial charge on any atom is 0.253 e. The zero-order valence-corrected chi connectivity index (χ0v) is 62.6. The van der Waals surface area contributed by atoms with Gasteiger partial charge in [0.1, 0.15) is 6.04 Å². The molecular weight excluding hydrogens is 1200 g/mol. The molecule has 3 spiro atoms. The molecule has 3 aliphatic carbocycles. The Bertz CT molecular complexity index is 3250. The number of nitrogens with one attached hydrogen (secondary N) is 3. The van der Waals surface area contributed by atoms with Crippen molar-refractivity contribution in [2.24, 2.45) is 22.2 Å². The van der Waals surface area contributed by atoms with Gasteiger partial charge < -0.3 is 40.4 Å². The van der Waals surface area contributed by atoms with Gasteiger partial charge in [-0.15, -0.1) is 0 Å². The van der Waals surface area contributed by atoms with Crippen LogP contribution in [0.3, 0.4) is 0 Å². The van der Waals surface area contributed by atoms with Gasteiger partial charge in [0.25, 0.3) is 5.91 Å². The molecule has 0 aromatic heterocycles. The van der Waals surface area contributed by atoms with E-state index in [0.717, 1.165) is 70.0 Å². The monoisotopic (exact) mass is 1330 g/mol. The van der Waals surface area contributed by atoms with Crippen LogP contribution in [0.1, 0.15) is 272 Å². The Morgan fingerprint density at radius 1 is 0.495 bits per heavy atom. The van der Waals surface area contributed by atoms with Gasteiger partial charge in [0, 0.05) is 48.4 Å². The fourth-order valence-corrected chi connectivity index (χ4v) is 17.3. The van der Waals surface area contributed by atoms with E-state index in [2.05, 4.69) is 166 Å². The summed E-state index contributed by atoms with van der Waals surface area (Å²) in [5.74, 6) is 0.274. The first-order valence-electron chi connectivity index (χ1n) is 38.0. The molecule has 3 N–H and O–H groups in total. The van der Waals surface area contributed by atoms with Gasteiger partial charge in [-0.25, -0.2) is 0 Å². The number of likely N-dealkylation sites (N-methyl/N-ethyl adjacent to an activating group) is 1. The number of hydrogen-bond donors (Lipinski definition) is 3. The predicted octanol–water partition coefficient (Wildman–Crippen LogP) is 16.2. The smallest absolute Gasteiger partial charge is 0.253 e. The summed E-state index contributed by atoms with van der Waals surface area (Å²) < 4.78 is 0. The van der Waals surface area contributed by atoms with Crippen LogP contribution in [0.25, 0.3) is 0 Å². The summed E-state index contributed by atoms with van der Waals surface area (Å²) in [6, 6.07) is 35.8. The molecule has 0 bridgehead atoms. The number of benzene rings is 4. The molecular formula is C84H132N8O5. The van der Waals surface area contributed by atoms with E-state index < -0.39 is 6.04 Å². The molecule has 97 heavy (non-hydrogen) atoms. The lowest BCUT2D eigenvalue weighted by Crippen LogP contribution is -2.50. The van der Waals surface area contributed by atoms with Crippen LogP contribution in [0.15, 0.2) is 103 Å². The number of amides is 5. The number of piperidine rings is 4. The summed E-state index contributed by atoms with van der Waals surface area (Å²) in [6.07, 6.45) is 18.9. The molecule has 0 saturated carbocycles. The largest absolute Gasteiger partial charge is 0.353 e. The third kappa shape index (κ3) is 19.6. The highest BCUT2D eigenvalue weighted by Crippen LogP contribution is 2.52. The summed E-state index contributed by atoms with van der Waals surface area (Å²) >= 11 is 0. The first-order valence-corrected chi connectivity index (χ1v) is 38.0. The number of hydrogen-bond acceptors (Lipinski definition) is 8. The number of carbonyl (C=O) groups is 5. The van der Waals surface area contributed by atoms with Crippen molar-refractivity contribution < 1.29 is 28.3 Å². The first kappa shape index (κ1) is 75.3.